The second kappa shape index (κ2) is 8.14. The monoisotopic (exact) mass is 415 g/mol. The van der Waals surface area contributed by atoms with Gasteiger partial charge in [-0.05, 0) is 41.3 Å². The number of nitrogens with one attached hydrogen (secondary N) is 2. The van der Waals surface area contributed by atoms with Gasteiger partial charge in [-0.1, -0.05) is 26.0 Å². The third-order valence-corrected chi connectivity index (χ3v) is 4.46. The molecule has 0 saturated carbocycles. The van der Waals surface area contributed by atoms with E-state index in [1.807, 2.05) is 25.1 Å². The molecule has 5 nitrogen and oxygen atoms in total. The lowest BCUT2D eigenvalue weighted by Crippen LogP contribution is -2.52. The molecule has 0 aliphatic heterocycles. The third-order valence-electron chi connectivity index (χ3n) is 3.80. The Balaban J connectivity index is 0.00000288. The van der Waals surface area contributed by atoms with Crippen LogP contribution >= 0.6 is 28.3 Å². The van der Waals surface area contributed by atoms with E-state index < -0.39 is 5.54 Å². The number of pyridine rings is 1. The first-order valence-corrected chi connectivity index (χ1v) is 8.39. The van der Waals surface area contributed by atoms with Crippen LogP contribution in [0, 0.1) is 5.92 Å². The fourth-order valence-electron chi connectivity index (χ4n) is 2.86. The summed E-state index contributed by atoms with van der Waals surface area (Å²) in [6.07, 6.45) is 0.764. The Kier molecular flexibility index (Phi) is 7.01. The molecule has 0 saturated heterocycles. The highest BCUT2D eigenvalue weighted by molar-refractivity contribution is 9.10. The Hall–Kier alpha value is -1.37. The number of rotatable bonds is 5. The maximum Gasteiger partial charge on any atom is 0.252 e. The number of benzene rings is 1. The number of nitrogens with two attached hydrogens (primary N) is 1. The van der Waals surface area contributed by atoms with Crippen LogP contribution in [0.2, 0.25) is 0 Å². The summed E-state index contributed by atoms with van der Waals surface area (Å²) in [6.45, 7) is 6.43. The minimum absolute atomic E-state index is 0. The molecule has 0 radical (unpaired) electrons. The molecule has 4 N–H and O–H groups in total. The highest BCUT2D eigenvalue weighted by Crippen LogP contribution is 2.24. The van der Waals surface area contributed by atoms with Crippen LogP contribution in [0.1, 0.15) is 37.6 Å². The van der Waals surface area contributed by atoms with Gasteiger partial charge in [-0.25, -0.2) is 0 Å². The molecule has 1 unspecified atom stereocenters. The fraction of sp³-hybridized carbons (Fsp3) is 0.412. The zero-order chi connectivity index (χ0) is 17.2. The topological polar surface area (TPSA) is 88.0 Å². The summed E-state index contributed by atoms with van der Waals surface area (Å²) in [5, 5.41) is 3.69. The number of carbonyl (C=O) groups is 1. The summed E-state index contributed by atoms with van der Waals surface area (Å²) in [5.41, 5.74) is 6.01. The molecule has 132 valence electrons. The first-order valence-electron chi connectivity index (χ1n) is 7.60. The number of H-pyrrole nitrogens is 1. The number of fused-ring (bicyclic) bond motifs is 1. The van der Waals surface area contributed by atoms with Gasteiger partial charge in [-0.15, -0.1) is 12.4 Å². The van der Waals surface area contributed by atoms with Crippen molar-refractivity contribution in [1.82, 2.24) is 10.3 Å². The van der Waals surface area contributed by atoms with E-state index in [4.69, 9.17) is 5.73 Å². The van der Waals surface area contributed by atoms with Crippen LogP contribution in [-0.4, -0.2) is 23.0 Å². The third kappa shape index (κ3) is 4.59. The largest absolute Gasteiger partial charge is 0.346 e. The van der Waals surface area contributed by atoms with E-state index in [0.717, 1.165) is 10.9 Å². The summed E-state index contributed by atoms with van der Waals surface area (Å²) in [7, 11) is 0. The molecule has 7 heteroatoms. The molecule has 1 atom stereocenters. The van der Waals surface area contributed by atoms with Gasteiger partial charge in [0.2, 0.25) is 5.56 Å². The first kappa shape index (κ1) is 20.7. The lowest BCUT2D eigenvalue weighted by molar-refractivity contribution is 0.0900. The van der Waals surface area contributed by atoms with Crippen molar-refractivity contribution in [3.05, 3.63) is 44.7 Å². The van der Waals surface area contributed by atoms with Gasteiger partial charge in [0.15, 0.2) is 0 Å². The number of hydrogen-bond donors (Lipinski definition) is 3. The number of hydrogen-bond acceptors (Lipinski definition) is 3. The molecular formula is C17H23BrClN3O2. The standard InChI is InChI=1S/C17H22BrN3O2.ClH/c1-10(2)8-17(3,9-19)21-16(23)12-7-14(22)20-15-11(12)5-4-6-13(15)18;/h4-7,10H,8-9,19H2,1-3H3,(H,20,22)(H,21,23);1H. The van der Waals surface area contributed by atoms with E-state index in [9.17, 15) is 9.59 Å². The van der Waals surface area contributed by atoms with Crippen LogP contribution in [-0.2, 0) is 0 Å². The molecular weight excluding hydrogens is 394 g/mol. The van der Waals surface area contributed by atoms with E-state index in [1.54, 1.807) is 0 Å². The van der Waals surface area contributed by atoms with E-state index in [0.29, 0.717) is 28.9 Å². The molecule has 2 rings (SSSR count). The summed E-state index contributed by atoms with van der Waals surface area (Å²) in [4.78, 5) is 27.4. The van der Waals surface area contributed by atoms with Crippen LogP contribution in [0.5, 0.6) is 0 Å². The SMILES string of the molecule is CC(C)CC(C)(CN)NC(=O)c1cc(=O)[nH]c2c(Br)cccc12.Cl. The van der Waals surface area contributed by atoms with Gasteiger partial charge >= 0.3 is 0 Å². The van der Waals surface area contributed by atoms with Crippen LogP contribution < -0.4 is 16.6 Å². The Bertz CT molecular complexity index is 791. The minimum atomic E-state index is -0.508. The molecule has 0 fully saturated rings. The quantitative estimate of drug-likeness (QED) is 0.699. The van der Waals surface area contributed by atoms with Crippen molar-refractivity contribution in [1.29, 1.82) is 0 Å². The van der Waals surface area contributed by atoms with Gasteiger partial charge in [0.25, 0.3) is 5.91 Å². The van der Waals surface area contributed by atoms with Crippen molar-refractivity contribution in [3.63, 3.8) is 0 Å². The summed E-state index contributed by atoms with van der Waals surface area (Å²) >= 11 is 3.40. The summed E-state index contributed by atoms with van der Waals surface area (Å²) < 4.78 is 0.741. The van der Waals surface area contributed by atoms with Gasteiger partial charge < -0.3 is 16.0 Å². The van der Waals surface area contributed by atoms with Gasteiger partial charge in [-0.2, -0.15) is 0 Å². The average molecular weight is 417 g/mol. The van der Waals surface area contributed by atoms with Crippen LogP contribution in [0.4, 0.5) is 0 Å². The van der Waals surface area contributed by atoms with E-state index in [-0.39, 0.29) is 23.9 Å². The number of para-hydroxylation sites is 1. The smallest absolute Gasteiger partial charge is 0.252 e. The maximum atomic E-state index is 12.7. The zero-order valence-electron chi connectivity index (χ0n) is 14.0. The van der Waals surface area contributed by atoms with Crippen molar-refractivity contribution in [2.45, 2.75) is 32.7 Å². The van der Waals surface area contributed by atoms with E-state index in [1.165, 1.54) is 6.07 Å². The number of aromatic nitrogens is 1. The van der Waals surface area contributed by atoms with Crippen molar-refractivity contribution in [2.75, 3.05) is 6.54 Å². The zero-order valence-corrected chi connectivity index (χ0v) is 16.4. The van der Waals surface area contributed by atoms with Crippen molar-refractivity contribution in [2.24, 2.45) is 11.7 Å². The summed E-state index contributed by atoms with van der Waals surface area (Å²) in [6, 6.07) is 6.80. The van der Waals surface area contributed by atoms with Crippen LogP contribution in [0.25, 0.3) is 10.9 Å². The van der Waals surface area contributed by atoms with Crippen LogP contribution in [0.15, 0.2) is 33.5 Å². The Labute approximate surface area is 155 Å². The predicted molar refractivity (Wildman–Crippen MR) is 104 cm³/mol. The van der Waals surface area contributed by atoms with Crippen molar-refractivity contribution < 1.29 is 4.79 Å². The number of carbonyl (C=O) groups excluding carboxylic acids is 1. The predicted octanol–water partition coefficient (Wildman–Crippen LogP) is 3.21. The Morgan fingerprint density at radius 3 is 2.67 bits per heavy atom. The highest BCUT2D eigenvalue weighted by atomic mass is 79.9. The Morgan fingerprint density at radius 2 is 2.08 bits per heavy atom. The molecule has 1 amide bonds. The first-order chi connectivity index (χ1) is 10.8. The molecule has 1 heterocycles. The van der Waals surface area contributed by atoms with Gasteiger partial charge in [0.05, 0.1) is 11.1 Å². The second-order valence-electron chi connectivity index (χ2n) is 6.53. The molecule has 2 aromatic rings. The lowest BCUT2D eigenvalue weighted by Gasteiger charge is -2.31. The average Bonchev–Trinajstić information content (AvgIpc) is 2.46. The maximum absolute atomic E-state index is 12.7. The lowest BCUT2D eigenvalue weighted by atomic mass is 9.90. The minimum Gasteiger partial charge on any atom is -0.346 e. The second-order valence-corrected chi connectivity index (χ2v) is 7.38. The van der Waals surface area contributed by atoms with Gasteiger partial charge in [0.1, 0.15) is 0 Å². The van der Waals surface area contributed by atoms with Crippen LogP contribution in [0.3, 0.4) is 0 Å². The molecule has 1 aromatic carbocycles. The molecule has 0 spiro atoms. The molecule has 0 bridgehead atoms. The molecule has 1 aromatic heterocycles. The summed E-state index contributed by atoms with van der Waals surface area (Å²) in [5.74, 6) is 0.113. The van der Waals surface area contributed by atoms with Crippen molar-refractivity contribution >= 4 is 45.1 Å². The Morgan fingerprint density at radius 1 is 1.42 bits per heavy atom. The highest BCUT2D eigenvalue weighted by Gasteiger charge is 2.27. The normalized spacial score (nSPS) is 13.4. The molecule has 24 heavy (non-hydrogen) atoms. The molecule has 0 aliphatic carbocycles. The number of halogens is 2. The number of aromatic amines is 1. The molecule has 0 aliphatic rings. The fourth-order valence-corrected chi connectivity index (χ4v) is 3.32. The number of amides is 1. The van der Waals surface area contributed by atoms with Gasteiger partial charge in [0, 0.05) is 28.0 Å². The van der Waals surface area contributed by atoms with E-state index in [2.05, 4.69) is 40.1 Å². The van der Waals surface area contributed by atoms with Gasteiger partial charge in [-0.3, -0.25) is 9.59 Å². The van der Waals surface area contributed by atoms with Crippen molar-refractivity contribution in [3.8, 4) is 0 Å². The van der Waals surface area contributed by atoms with E-state index >= 15 is 0 Å².